The first-order valence-corrected chi connectivity index (χ1v) is 10.0. The number of hydrogen-bond donors (Lipinski definition) is 0. The average molecular weight is 395 g/mol. The summed E-state index contributed by atoms with van der Waals surface area (Å²) in [6, 6.07) is 16.3. The van der Waals surface area contributed by atoms with Gasteiger partial charge in [0.05, 0.1) is 17.8 Å². The number of benzene rings is 2. The molecule has 142 valence electrons. The quantitative estimate of drug-likeness (QED) is 0.656. The second-order valence-electron chi connectivity index (χ2n) is 6.21. The number of sulfone groups is 1. The molecule has 0 aliphatic carbocycles. The third-order valence-corrected chi connectivity index (χ3v) is 5.93. The summed E-state index contributed by atoms with van der Waals surface area (Å²) in [6.07, 6.45) is 0. The molecule has 28 heavy (non-hydrogen) atoms. The molecule has 0 fully saturated rings. The molecule has 0 saturated heterocycles. The van der Waals surface area contributed by atoms with Crippen LogP contribution in [0, 0.1) is 18.3 Å². The molecule has 0 amide bonds. The highest BCUT2D eigenvalue weighted by Crippen LogP contribution is 2.25. The Labute approximate surface area is 162 Å². The maximum atomic E-state index is 12.8. The highest BCUT2D eigenvalue weighted by molar-refractivity contribution is 7.90. The van der Waals surface area contributed by atoms with E-state index in [-0.39, 0.29) is 21.8 Å². The van der Waals surface area contributed by atoms with E-state index in [1.807, 2.05) is 6.92 Å². The van der Waals surface area contributed by atoms with E-state index in [0.717, 1.165) is 5.56 Å². The Kier molecular flexibility index (Phi) is 5.34. The summed E-state index contributed by atoms with van der Waals surface area (Å²) in [5.74, 6) is 0.330. The van der Waals surface area contributed by atoms with E-state index in [1.165, 1.54) is 25.3 Å². The Morgan fingerprint density at radius 3 is 2.29 bits per heavy atom. The molecule has 1 heterocycles. The van der Waals surface area contributed by atoms with Gasteiger partial charge in [0, 0.05) is 5.56 Å². The van der Waals surface area contributed by atoms with Crippen molar-refractivity contribution in [1.29, 1.82) is 5.26 Å². The van der Waals surface area contributed by atoms with E-state index >= 15 is 0 Å². The van der Waals surface area contributed by atoms with Gasteiger partial charge in [0.15, 0.2) is 9.84 Å². The molecule has 0 radical (unpaired) electrons. The Morgan fingerprint density at radius 1 is 1.07 bits per heavy atom. The summed E-state index contributed by atoms with van der Waals surface area (Å²) in [6.45, 7) is 1.85. The Balaban J connectivity index is 2.06. The Morgan fingerprint density at radius 2 is 1.71 bits per heavy atom. The highest BCUT2D eigenvalue weighted by Gasteiger charge is 2.21. The van der Waals surface area contributed by atoms with E-state index in [2.05, 4.69) is 0 Å². The van der Waals surface area contributed by atoms with Gasteiger partial charge in [-0.15, -0.1) is 0 Å². The van der Waals surface area contributed by atoms with Crippen molar-refractivity contribution >= 4 is 9.84 Å². The molecule has 3 aromatic rings. The van der Waals surface area contributed by atoms with Crippen molar-refractivity contribution in [2.75, 3.05) is 7.11 Å². The van der Waals surface area contributed by atoms with Crippen molar-refractivity contribution in [3.05, 3.63) is 81.7 Å². The second-order valence-corrected chi connectivity index (χ2v) is 8.20. The zero-order valence-corrected chi connectivity index (χ0v) is 16.1. The van der Waals surface area contributed by atoms with Gasteiger partial charge in [-0.05, 0) is 55.0 Å². The van der Waals surface area contributed by atoms with Crippen LogP contribution in [0.1, 0.15) is 16.7 Å². The number of methoxy groups -OCH3 is 1. The molecule has 0 bridgehead atoms. The van der Waals surface area contributed by atoms with E-state index in [9.17, 15) is 18.5 Å². The third-order valence-electron chi connectivity index (χ3n) is 4.25. The lowest BCUT2D eigenvalue weighted by Gasteiger charge is -2.09. The first-order chi connectivity index (χ1) is 13.3. The Hall–Kier alpha value is -3.37. The zero-order valence-electron chi connectivity index (χ0n) is 15.3. The molecule has 0 aliphatic heterocycles. The molecule has 7 heteroatoms. The van der Waals surface area contributed by atoms with Crippen molar-refractivity contribution in [3.8, 4) is 23.1 Å². The summed E-state index contributed by atoms with van der Waals surface area (Å²) in [5.41, 5.74) is 0.415. The SMILES string of the molecule is COc1ccc(-c2cc(CS(=O)(=O)c3ccc(C)cc3)c(C#N)c(=O)o2)cc1. The minimum absolute atomic E-state index is 0.102. The van der Waals surface area contributed by atoms with Gasteiger partial charge in [-0.2, -0.15) is 5.26 Å². The normalized spacial score (nSPS) is 11.0. The summed E-state index contributed by atoms with van der Waals surface area (Å²) in [4.78, 5) is 12.4. The van der Waals surface area contributed by atoms with Crippen LogP contribution >= 0.6 is 0 Å². The molecular formula is C21H17NO5S. The maximum Gasteiger partial charge on any atom is 0.354 e. The summed E-state index contributed by atoms with van der Waals surface area (Å²) >= 11 is 0. The van der Waals surface area contributed by atoms with Gasteiger partial charge < -0.3 is 9.15 Å². The van der Waals surface area contributed by atoms with Gasteiger partial charge in [-0.25, -0.2) is 13.2 Å². The third kappa shape index (κ3) is 3.97. The smallest absolute Gasteiger partial charge is 0.354 e. The number of nitriles is 1. The topological polar surface area (TPSA) is 97.4 Å². The van der Waals surface area contributed by atoms with E-state index in [0.29, 0.717) is 11.3 Å². The van der Waals surface area contributed by atoms with Crippen LogP contribution in [0.2, 0.25) is 0 Å². The fraction of sp³-hybridized carbons (Fsp3) is 0.143. The van der Waals surface area contributed by atoms with E-state index < -0.39 is 21.2 Å². The van der Waals surface area contributed by atoms with Crippen LogP contribution in [0.3, 0.4) is 0 Å². The van der Waals surface area contributed by atoms with Gasteiger partial charge in [-0.3, -0.25) is 0 Å². The molecule has 6 nitrogen and oxygen atoms in total. The second kappa shape index (κ2) is 7.71. The number of ether oxygens (including phenoxy) is 1. The summed E-state index contributed by atoms with van der Waals surface area (Å²) < 4.78 is 35.8. The van der Waals surface area contributed by atoms with Crippen molar-refractivity contribution in [2.24, 2.45) is 0 Å². The van der Waals surface area contributed by atoms with Crippen LogP contribution in [0.15, 0.2) is 68.7 Å². The number of rotatable bonds is 5. The largest absolute Gasteiger partial charge is 0.497 e. The molecule has 0 aliphatic rings. The van der Waals surface area contributed by atoms with Crippen LogP contribution in [-0.2, 0) is 15.6 Å². The molecule has 0 spiro atoms. The zero-order chi connectivity index (χ0) is 20.3. The lowest BCUT2D eigenvalue weighted by Crippen LogP contribution is -2.13. The van der Waals surface area contributed by atoms with Crippen molar-refractivity contribution < 1.29 is 17.6 Å². The predicted octanol–water partition coefficient (Wildman–Crippen LogP) is 3.47. The molecule has 0 atom stereocenters. The van der Waals surface area contributed by atoms with Crippen molar-refractivity contribution in [1.82, 2.24) is 0 Å². The highest BCUT2D eigenvalue weighted by atomic mass is 32.2. The van der Waals surface area contributed by atoms with E-state index in [4.69, 9.17) is 9.15 Å². The first kappa shape index (κ1) is 19.4. The molecule has 0 unspecified atom stereocenters. The van der Waals surface area contributed by atoms with Crippen molar-refractivity contribution in [3.63, 3.8) is 0 Å². The minimum Gasteiger partial charge on any atom is -0.497 e. The molecule has 0 N–H and O–H groups in total. The lowest BCUT2D eigenvalue weighted by molar-refractivity contribution is 0.415. The van der Waals surface area contributed by atoms with Gasteiger partial charge in [0.1, 0.15) is 23.1 Å². The average Bonchev–Trinajstić information content (AvgIpc) is 2.68. The molecule has 3 rings (SSSR count). The van der Waals surface area contributed by atoms with Crippen LogP contribution < -0.4 is 10.4 Å². The standard InChI is InChI=1S/C21H17NO5S/c1-14-3-9-18(10-4-14)28(24,25)13-16-11-20(27-21(23)19(16)12-22)15-5-7-17(26-2)8-6-15/h3-11H,13H2,1-2H3. The van der Waals surface area contributed by atoms with Crippen LogP contribution in [0.25, 0.3) is 11.3 Å². The molecular weight excluding hydrogens is 378 g/mol. The molecule has 2 aromatic carbocycles. The summed E-state index contributed by atoms with van der Waals surface area (Å²) in [7, 11) is -2.21. The minimum atomic E-state index is -3.74. The number of nitrogens with zero attached hydrogens (tertiary/aromatic N) is 1. The fourth-order valence-corrected chi connectivity index (χ4v) is 4.06. The van der Waals surface area contributed by atoms with Crippen LogP contribution in [-0.4, -0.2) is 15.5 Å². The van der Waals surface area contributed by atoms with Gasteiger partial charge in [0.25, 0.3) is 0 Å². The van der Waals surface area contributed by atoms with Gasteiger partial charge in [-0.1, -0.05) is 17.7 Å². The Bertz CT molecular complexity index is 1200. The number of aryl methyl sites for hydroxylation is 1. The predicted molar refractivity (Wildman–Crippen MR) is 104 cm³/mol. The number of hydrogen-bond acceptors (Lipinski definition) is 6. The van der Waals surface area contributed by atoms with E-state index in [1.54, 1.807) is 42.5 Å². The molecule has 0 saturated carbocycles. The van der Waals surface area contributed by atoms with Crippen molar-refractivity contribution in [2.45, 2.75) is 17.6 Å². The lowest BCUT2D eigenvalue weighted by atomic mass is 10.1. The monoisotopic (exact) mass is 395 g/mol. The van der Waals surface area contributed by atoms with Crippen LogP contribution in [0.5, 0.6) is 5.75 Å². The van der Waals surface area contributed by atoms with Gasteiger partial charge in [0.2, 0.25) is 0 Å². The summed E-state index contributed by atoms with van der Waals surface area (Å²) in [5, 5.41) is 9.31. The molecule has 1 aromatic heterocycles. The fourth-order valence-electron chi connectivity index (χ4n) is 2.70. The maximum absolute atomic E-state index is 12.8. The van der Waals surface area contributed by atoms with Gasteiger partial charge >= 0.3 is 5.63 Å². The first-order valence-electron chi connectivity index (χ1n) is 8.35. The van der Waals surface area contributed by atoms with Crippen LogP contribution in [0.4, 0.5) is 0 Å².